The van der Waals surface area contributed by atoms with Crippen molar-refractivity contribution in [2.75, 3.05) is 0 Å². The number of rotatable bonds is 6. The third kappa shape index (κ3) is 4.56. The number of halogens is 1. The smallest absolute Gasteiger partial charge is 0.135 e. The van der Waals surface area contributed by atoms with E-state index in [1.54, 1.807) is 12.1 Å². The number of carbonyl (C=O) groups is 1. The molecule has 0 bridgehead atoms. The molecule has 0 aromatic heterocycles. The molecule has 1 aromatic carbocycles. The first-order valence-electron chi connectivity index (χ1n) is 5.86. The molecular formula is C14H19FO. The molecule has 2 heteroatoms. The molecule has 0 aliphatic rings. The van der Waals surface area contributed by atoms with E-state index < -0.39 is 0 Å². The molecule has 0 saturated carbocycles. The van der Waals surface area contributed by atoms with Crippen LogP contribution in [-0.2, 0) is 11.2 Å². The quantitative estimate of drug-likeness (QED) is 0.670. The highest BCUT2D eigenvalue weighted by atomic mass is 19.1. The number of unbranched alkanes of at least 4 members (excludes halogenated alkanes) is 1. The lowest BCUT2D eigenvalue weighted by Gasteiger charge is -2.04. The van der Waals surface area contributed by atoms with Crippen molar-refractivity contribution in [2.45, 2.75) is 39.5 Å². The van der Waals surface area contributed by atoms with Crippen molar-refractivity contribution in [3.8, 4) is 0 Å². The first-order valence-corrected chi connectivity index (χ1v) is 5.86. The Morgan fingerprint density at radius 3 is 2.38 bits per heavy atom. The van der Waals surface area contributed by atoms with Crippen LogP contribution < -0.4 is 0 Å². The van der Waals surface area contributed by atoms with E-state index in [9.17, 15) is 9.18 Å². The SMILES string of the molecule is CC(C)C(=O)CCCCc1ccc(F)cc1. The van der Waals surface area contributed by atoms with Crippen LogP contribution in [0.1, 0.15) is 38.7 Å². The number of benzene rings is 1. The summed E-state index contributed by atoms with van der Waals surface area (Å²) in [6.45, 7) is 3.87. The zero-order valence-electron chi connectivity index (χ0n) is 10.0. The maximum absolute atomic E-state index is 12.6. The highest BCUT2D eigenvalue weighted by Gasteiger charge is 2.05. The molecule has 0 radical (unpaired) electrons. The largest absolute Gasteiger partial charge is 0.299 e. The van der Waals surface area contributed by atoms with Crippen molar-refractivity contribution in [2.24, 2.45) is 5.92 Å². The molecule has 0 N–H and O–H groups in total. The summed E-state index contributed by atoms with van der Waals surface area (Å²) in [5.41, 5.74) is 1.14. The lowest BCUT2D eigenvalue weighted by atomic mass is 10.0. The fourth-order valence-electron chi connectivity index (χ4n) is 1.57. The third-order valence-electron chi connectivity index (χ3n) is 2.70. The van der Waals surface area contributed by atoms with Gasteiger partial charge in [0.2, 0.25) is 0 Å². The van der Waals surface area contributed by atoms with E-state index in [2.05, 4.69) is 0 Å². The monoisotopic (exact) mass is 222 g/mol. The van der Waals surface area contributed by atoms with E-state index in [0.717, 1.165) is 24.8 Å². The topological polar surface area (TPSA) is 17.1 Å². The molecule has 1 rings (SSSR count). The molecular weight excluding hydrogens is 203 g/mol. The standard InChI is InChI=1S/C14H19FO/c1-11(2)14(16)6-4-3-5-12-7-9-13(15)10-8-12/h7-11H,3-6H2,1-2H3. The van der Waals surface area contributed by atoms with Crippen LogP contribution in [0, 0.1) is 11.7 Å². The second kappa shape index (κ2) is 6.41. The average molecular weight is 222 g/mol. The Labute approximate surface area is 96.7 Å². The lowest BCUT2D eigenvalue weighted by Crippen LogP contribution is -2.06. The summed E-state index contributed by atoms with van der Waals surface area (Å²) in [5, 5.41) is 0. The van der Waals surface area contributed by atoms with Gasteiger partial charge in [-0.25, -0.2) is 4.39 Å². The summed E-state index contributed by atoms with van der Waals surface area (Å²) in [6, 6.07) is 6.57. The first kappa shape index (κ1) is 12.9. The second-order valence-corrected chi connectivity index (χ2v) is 4.45. The minimum absolute atomic E-state index is 0.144. The van der Waals surface area contributed by atoms with Gasteiger partial charge in [0.05, 0.1) is 0 Å². The Morgan fingerprint density at radius 1 is 1.19 bits per heavy atom. The van der Waals surface area contributed by atoms with Crippen LogP contribution in [0.25, 0.3) is 0 Å². The highest BCUT2D eigenvalue weighted by Crippen LogP contribution is 2.10. The molecule has 0 amide bonds. The molecule has 88 valence electrons. The summed E-state index contributed by atoms with van der Waals surface area (Å²) in [4.78, 5) is 11.3. The van der Waals surface area contributed by atoms with Crippen molar-refractivity contribution in [1.82, 2.24) is 0 Å². The van der Waals surface area contributed by atoms with Crippen molar-refractivity contribution in [3.63, 3.8) is 0 Å². The number of ketones is 1. The summed E-state index contributed by atoms with van der Waals surface area (Å²) in [6.07, 6.45) is 3.50. The van der Waals surface area contributed by atoms with Gasteiger partial charge in [0.15, 0.2) is 0 Å². The molecule has 0 heterocycles. The van der Waals surface area contributed by atoms with Crippen LogP contribution in [-0.4, -0.2) is 5.78 Å². The average Bonchev–Trinajstić information content (AvgIpc) is 2.26. The molecule has 0 saturated heterocycles. The molecule has 1 aromatic rings. The number of carbonyl (C=O) groups excluding carboxylic acids is 1. The predicted octanol–water partition coefficient (Wildman–Crippen LogP) is 3.76. The first-order chi connectivity index (χ1) is 7.59. The predicted molar refractivity (Wildman–Crippen MR) is 63.8 cm³/mol. The summed E-state index contributed by atoms with van der Waals surface area (Å²) in [5.74, 6) is 0.281. The molecule has 0 unspecified atom stereocenters. The van der Waals surface area contributed by atoms with Crippen LogP contribution in [0.15, 0.2) is 24.3 Å². The minimum Gasteiger partial charge on any atom is -0.299 e. The summed E-state index contributed by atoms with van der Waals surface area (Å²) in [7, 11) is 0. The van der Waals surface area contributed by atoms with Gasteiger partial charge in [0.25, 0.3) is 0 Å². The lowest BCUT2D eigenvalue weighted by molar-refractivity contribution is -0.122. The Bertz CT molecular complexity index is 327. The van der Waals surface area contributed by atoms with Crippen LogP contribution >= 0.6 is 0 Å². The maximum atomic E-state index is 12.6. The van der Waals surface area contributed by atoms with Crippen molar-refractivity contribution in [1.29, 1.82) is 0 Å². The maximum Gasteiger partial charge on any atom is 0.135 e. The molecule has 0 spiro atoms. The molecule has 16 heavy (non-hydrogen) atoms. The van der Waals surface area contributed by atoms with Gasteiger partial charge in [-0.05, 0) is 37.0 Å². The van der Waals surface area contributed by atoms with Gasteiger partial charge >= 0.3 is 0 Å². The Hall–Kier alpha value is -1.18. The fraction of sp³-hybridized carbons (Fsp3) is 0.500. The Balaban J connectivity index is 2.21. The van der Waals surface area contributed by atoms with E-state index in [1.165, 1.54) is 12.1 Å². The number of aryl methyl sites for hydroxylation is 1. The third-order valence-corrected chi connectivity index (χ3v) is 2.70. The van der Waals surface area contributed by atoms with Crippen LogP contribution in [0.5, 0.6) is 0 Å². The van der Waals surface area contributed by atoms with Gasteiger partial charge in [0, 0.05) is 12.3 Å². The molecule has 0 fully saturated rings. The van der Waals surface area contributed by atoms with Gasteiger partial charge in [-0.15, -0.1) is 0 Å². The Morgan fingerprint density at radius 2 is 1.81 bits per heavy atom. The highest BCUT2D eigenvalue weighted by molar-refractivity contribution is 5.80. The van der Waals surface area contributed by atoms with E-state index in [-0.39, 0.29) is 11.7 Å². The van der Waals surface area contributed by atoms with Crippen LogP contribution in [0.2, 0.25) is 0 Å². The van der Waals surface area contributed by atoms with Crippen molar-refractivity contribution < 1.29 is 9.18 Å². The van der Waals surface area contributed by atoms with Crippen molar-refractivity contribution >= 4 is 5.78 Å². The molecule has 0 aliphatic heterocycles. The van der Waals surface area contributed by atoms with Gasteiger partial charge in [-0.1, -0.05) is 26.0 Å². The fourth-order valence-corrected chi connectivity index (χ4v) is 1.57. The van der Waals surface area contributed by atoms with E-state index in [0.29, 0.717) is 12.2 Å². The molecule has 1 nitrogen and oxygen atoms in total. The van der Waals surface area contributed by atoms with Gasteiger partial charge in [-0.2, -0.15) is 0 Å². The zero-order valence-corrected chi connectivity index (χ0v) is 10.0. The van der Waals surface area contributed by atoms with Gasteiger partial charge in [0.1, 0.15) is 11.6 Å². The second-order valence-electron chi connectivity index (χ2n) is 4.45. The number of hydrogen-bond acceptors (Lipinski definition) is 1. The molecule has 0 atom stereocenters. The van der Waals surface area contributed by atoms with Crippen molar-refractivity contribution in [3.05, 3.63) is 35.6 Å². The van der Waals surface area contributed by atoms with E-state index in [1.807, 2.05) is 13.8 Å². The normalized spacial score (nSPS) is 10.8. The van der Waals surface area contributed by atoms with Gasteiger partial charge in [-0.3, -0.25) is 4.79 Å². The molecule has 0 aliphatic carbocycles. The minimum atomic E-state index is -0.196. The number of Topliss-reactive ketones (excluding diaryl/α,β-unsaturated/α-hetero) is 1. The zero-order chi connectivity index (χ0) is 12.0. The Kier molecular flexibility index (Phi) is 5.17. The summed E-state index contributed by atoms with van der Waals surface area (Å²) >= 11 is 0. The van der Waals surface area contributed by atoms with Crippen LogP contribution in [0.4, 0.5) is 4.39 Å². The van der Waals surface area contributed by atoms with E-state index in [4.69, 9.17) is 0 Å². The summed E-state index contributed by atoms with van der Waals surface area (Å²) < 4.78 is 12.6. The van der Waals surface area contributed by atoms with Crippen LogP contribution in [0.3, 0.4) is 0 Å². The van der Waals surface area contributed by atoms with Gasteiger partial charge < -0.3 is 0 Å². The number of hydrogen-bond donors (Lipinski definition) is 0. The van der Waals surface area contributed by atoms with E-state index >= 15 is 0 Å².